The molecule has 4 rings (SSSR count). The summed E-state index contributed by atoms with van der Waals surface area (Å²) in [5.41, 5.74) is 1.94. The number of anilines is 2. The number of aromatic nitrogens is 4. The maximum Gasteiger partial charge on any atom is 0.258 e. The summed E-state index contributed by atoms with van der Waals surface area (Å²) >= 11 is 0. The first-order valence-corrected chi connectivity index (χ1v) is 9.50. The second-order valence-electron chi connectivity index (χ2n) is 6.95. The van der Waals surface area contributed by atoms with Crippen LogP contribution in [0.15, 0.2) is 67.0 Å². The monoisotopic (exact) mass is 400 g/mol. The van der Waals surface area contributed by atoms with Gasteiger partial charge in [0, 0.05) is 17.2 Å². The summed E-state index contributed by atoms with van der Waals surface area (Å²) in [4.78, 5) is 38.4. The van der Waals surface area contributed by atoms with E-state index in [0.29, 0.717) is 22.3 Å². The van der Waals surface area contributed by atoms with Crippen LogP contribution >= 0.6 is 0 Å². The molecule has 150 valence electrons. The number of carbonyl (C=O) groups is 2. The molecular formula is C22H20N6O2. The third-order valence-electron chi connectivity index (χ3n) is 4.51. The maximum absolute atomic E-state index is 12.7. The zero-order valence-electron chi connectivity index (χ0n) is 16.5. The molecule has 0 aliphatic carbocycles. The van der Waals surface area contributed by atoms with Gasteiger partial charge >= 0.3 is 0 Å². The van der Waals surface area contributed by atoms with E-state index in [-0.39, 0.29) is 29.6 Å². The topological polar surface area (TPSA) is 102 Å². The molecule has 0 aliphatic heterocycles. The van der Waals surface area contributed by atoms with Crippen LogP contribution in [0, 0.1) is 0 Å². The van der Waals surface area contributed by atoms with E-state index in [1.54, 1.807) is 54.9 Å². The van der Waals surface area contributed by atoms with Crippen LogP contribution in [0.25, 0.3) is 11.2 Å². The maximum atomic E-state index is 12.7. The Morgan fingerprint density at radius 3 is 1.97 bits per heavy atom. The molecule has 2 aromatic heterocycles. The minimum Gasteiger partial charge on any atom is -0.313 e. The summed E-state index contributed by atoms with van der Waals surface area (Å²) in [7, 11) is 0. The fraction of sp³-hybridized carbons (Fsp3) is 0.136. The Morgan fingerprint density at radius 2 is 1.40 bits per heavy atom. The highest BCUT2D eigenvalue weighted by Crippen LogP contribution is 2.24. The van der Waals surface area contributed by atoms with Crippen molar-refractivity contribution in [1.82, 2.24) is 19.5 Å². The lowest BCUT2D eigenvalue weighted by Gasteiger charge is -2.11. The predicted molar refractivity (Wildman–Crippen MR) is 114 cm³/mol. The van der Waals surface area contributed by atoms with E-state index in [1.807, 2.05) is 30.5 Å². The van der Waals surface area contributed by atoms with Gasteiger partial charge in [-0.3, -0.25) is 14.9 Å². The second-order valence-corrected chi connectivity index (χ2v) is 6.95. The van der Waals surface area contributed by atoms with E-state index < -0.39 is 0 Å². The van der Waals surface area contributed by atoms with E-state index in [0.717, 1.165) is 0 Å². The van der Waals surface area contributed by atoms with Crippen molar-refractivity contribution >= 4 is 34.7 Å². The molecule has 2 amide bonds. The lowest BCUT2D eigenvalue weighted by atomic mass is 10.2. The van der Waals surface area contributed by atoms with Crippen LogP contribution in [-0.2, 0) is 0 Å². The van der Waals surface area contributed by atoms with E-state index in [4.69, 9.17) is 0 Å². The van der Waals surface area contributed by atoms with E-state index in [9.17, 15) is 9.59 Å². The molecule has 0 unspecified atom stereocenters. The van der Waals surface area contributed by atoms with Crippen LogP contribution in [-0.4, -0.2) is 31.3 Å². The quantitative estimate of drug-likeness (QED) is 0.529. The van der Waals surface area contributed by atoms with Crippen molar-refractivity contribution in [2.24, 2.45) is 0 Å². The lowest BCUT2D eigenvalue weighted by Crippen LogP contribution is -2.18. The van der Waals surface area contributed by atoms with Gasteiger partial charge in [-0.05, 0) is 38.1 Å². The van der Waals surface area contributed by atoms with E-state index in [1.165, 1.54) is 0 Å². The third kappa shape index (κ3) is 3.88. The molecule has 2 heterocycles. The normalized spacial score (nSPS) is 10.9. The summed E-state index contributed by atoms with van der Waals surface area (Å²) in [6.45, 7) is 3.99. The Bertz CT molecular complexity index is 1200. The first kappa shape index (κ1) is 19.3. The Labute approximate surface area is 173 Å². The number of hydrogen-bond acceptors (Lipinski definition) is 5. The molecule has 0 aliphatic rings. The van der Waals surface area contributed by atoms with Crippen molar-refractivity contribution < 1.29 is 9.59 Å². The van der Waals surface area contributed by atoms with Crippen molar-refractivity contribution in [3.8, 4) is 0 Å². The zero-order chi connectivity index (χ0) is 21.1. The average Bonchev–Trinajstić information content (AvgIpc) is 3.19. The van der Waals surface area contributed by atoms with Crippen LogP contribution in [0.3, 0.4) is 0 Å². The summed E-state index contributed by atoms with van der Waals surface area (Å²) < 4.78 is 1.85. The van der Waals surface area contributed by atoms with E-state index >= 15 is 0 Å². The fourth-order valence-electron chi connectivity index (χ4n) is 2.97. The van der Waals surface area contributed by atoms with Crippen LogP contribution in [0.1, 0.15) is 40.6 Å². The number of rotatable bonds is 5. The molecule has 0 saturated heterocycles. The Kier molecular flexibility index (Phi) is 5.21. The van der Waals surface area contributed by atoms with Crippen LogP contribution in [0.2, 0.25) is 0 Å². The SMILES string of the molecule is CC(C)n1cnc2c(NC(=O)c3ccccc3)nc(NC(=O)c3ccccc3)nc21. The standard InChI is InChI=1S/C22H20N6O2/c1-14(2)28-13-23-17-18(24-20(29)15-9-5-3-6-10-15)25-22(26-19(17)28)27-21(30)16-11-7-4-8-12-16/h3-14H,1-2H3,(H2,24,25,26,27,29,30). The number of fused-ring (bicyclic) bond motifs is 1. The summed E-state index contributed by atoms with van der Waals surface area (Å²) in [6, 6.07) is 17.7. The van der Waals surface area contributed by atoms with Crippen LogP contribution in [0.5, 0.6) is 0 Å². The zero-order valence-corrected chi connectivity index (χ0v) is 16.5. The van der Waals surface area contributed by atoms with Gasteiger partial charge in [0.05, 0.1) is 6.33 Å². The van der Waals surface area contributed by atoms with Gasteiger partial charge in [0.15, 0.2) is 17.0 Å². The molecule has 0 fully saturated rings. The molecule has 0 spiro atoms. The number of carbonyl (C=O) groups excluding carboxylic acids is 2. The predicted octanol–water partition coefficient (Wildman–Crippen LogP) is 3.91. The minimum absolute atomic E-state index is 0.0836. The van der Waals surface area contributed by atoms with Gasteiger partial charge < -0.3 is 9.88 Å². The molecule has 8 nitrogen and oxygen atoms in total. The Morgan fingerprint density at radius 1 is 0.833 bits per heavy atom. The minimum atomic E-state index is -0.342. The lowest BCUT2D eigenvalue weighted by molar-refractivity contribution is 0.101. The average molecular weight is 400 g/mol. The molecule has 0 bridgehead atoms. The number of imidazole rings is 1. The molecule has 0 radical (unpaired) electrons. The van der Waals surface area contributed by atoms with Crippen molar-refractivity contribution in [3.05, 3.63) is 78.1 Å². The highest BCUT2D eigenvalue weighted by molar-refractivity contribution is 6.08. The third-order valence-corrected chi connectivity index (χ3v) is 4.51. The van der Waals surface area contributed by atoms with Crippen LogP contribution < -0.4 is 10.6 Å². The number of nitrogens with one attached hydrogen (secondary N) is 2. The van der Waals surface area contributed by atoms with Gasteiger partial charge in [-0.2, -0.15) is 9.97 Å². The van der Waals surface area contributed by atoms with E-state index in [2.05, 4.69) is 25.6 Å². The van der Waals surface area contributed by atoms with Gasteiger partial charge in [-0.1, -0.05) is 36.4 Å². The van der Waals surface area contributed by atoms with Crippen molar-refractivity contribution in [2.75, 3.05) is 10.6 Å². The fourth-order valence-corrected chi connectivity index (χ4v) is 2.97. The molecular weight excluding hydrogens is 380 g/mol. The number of benzene rings is 2. The summed E-state index contributed by atoms with van der Waals surface area (Å²) in [5, 5.41) is 5.50. The molecule has 2 N–H and O–H groups in total. The Hall–Kier alpha value is -4.07. The smallest absolute Gasteiger partial charge is 0.258 e. The largest absolute Gasteiger partial charge is 0.313 e. The second kappa shape index (κ2) is 8.12. The highest BCUT2D eigenvalue weighted by atomic mass is 16.2. The number of amides is 2. The first-order chi connectivity index (χ1) is 14.5. The number of nitrogens with zero attached hydrogens (tertiary/aromatic N) is 4. The first-order valence-electron chi connectivity index (χ1n) is 9.50. The van der Waals surface area contributed by atoms with Crippen molar-refractivity contribution in [1.29, 1.82) is 0 Å². The van der Waals surface area contributed by atoms with Gasteiger partial charge in [0.2, 0.25) is 5.95 Å². The Balaban J connectivity index is 1.73. The summed E-state index contributed by atoms with van der Waals surface area (Å²) in [6.07, 6.45) is 1.64. The molecule has 30 heavy (non-hydrogen) atoms. The molecule has 2 aromatic carbocycles. The number of hydrogen-bond donors (Lipinski definition) is 2. The molecule has 0 atom stereocenters. The van der Waals surface area contributed by atoms with Gasteiger partial charge in [0.1, 0.15) is 0 Å². The summed E-state index contributed by atoms with van der Waals surface area (Å²) in [5.74, 6) is -0.348. The van der Waals surface area contributed by atoms with Crippen molar-refractivity contribution in [2.45, 2.75) is 19.9 Å². The molecule has 8 heteroatoms. The highest BCUT2D eigenvalue weighted by Gasteiger charge is 2.18. The van der Waals surface area contributed by atoms with Crippen molar-refractivity contribution in [3.63, 3.8) is 0 Å². The van der Waals surface area contributed by atoms with Gasteiger partial charge in [-0.25, -0.2) is 4.98 Å². The molecule has 0 saturated carbocycles. The van der Waals surface area contributed by atoms with Crippen LogP contribution in [0.4, 0.5) is 11.8 Å². The van der Waals surface area contributed by atoms with Gasteiger partial charge in [0.25, 0.3) is 11.8 Å². The molecule has 4 aromatic rings. The van der Waals surface area contributed by atoms with Gasteiger partial charge in [-0.15, -0.1) is 0 Å².